The number of hydrogen-bond acceptors (Lipinski definition) is 4. The van der Waals surface area contributed by atoms with Crippen molar-refractivity contribution in [2.45, 2.75) is 13.2 Å². The van der Waals surface area contributed by atoms with Crippen molar-refractivity contribution in [1.82, 2.24) is 4.98 Å². The van der Waals surface area contributed by atoms with E-state index in [2.05, 4.69) is 10.3 Å². The first kappa shape index (κ1) is 14.0. The number of aromatic nitrogens is 1. The quantitative estimate of drug-likeness (QED) is 0.845. The molecule has 104 valence electrons. The van der Waals surface area contributed by atoms with Gasteiger partial charge in [0.15, 0.2) is 0 Å². The first-order valence-electron chi connectivity index (χ1n) is 6.20. The lowest BCUT2D eigenvalue weighted by molar-refractivity contribution is 0.0690. The van der Waals surface area contributed by atoms with Gasteiger partial charge in [-0.25, -0.2) is 9.78 Å². The van der Waals surface area contributed by atoms with Crippen LogP contribution in [-0.4, -0.2) is 23.2 Å². The summed E-state index contributed by atoms with van der Waals surface area (Å²) < 4.78 is 5.14. The Labute approximate surface area is 117 Å². The molecular formula is C15H16N2O3. The van der Waals surface area contributed by atoms with Crippen molar-refractivity contribution in [3.8, 4) is 0 Å². The Morgan fingerprint density at radius 3 is 2.80 bits per heavy atom. The number of rotatable bonds is 6. The van der Waals surface area contributed by atoms with E-state index in [1.807, 2.05) is 24.3 Å². The fourth-order valence-corrected chi connectivity index (χ4v) is 1.86. The Bertz CT molecular complexity index is 599. The molecule has 1 heterocycles. The van der Waals surface area contributed by atoms with Gasteiger partial charge in [-0.2, -0.15) is 0 Å². The summed E-state index contributed by atoms with van der Waals surface area (Å²) in [6.45, 7) is 0.980. The lowest BCUT2D eigenvalue weighted by Gasteiger charge is -2.11. The molecule has 1 aromatic carbocycles. The molecule has 0 spiro atoms. The highest BCUT2D eigenvalue weighted by Crippen LogP contribution is 2.16. The minimum atomic E-state index is -1.02. The molecule has 1 aromatic heterocycles. The van der Waals surface area contributed by atoms with Gasteiger partial charge >= 0.3 is 5.97 Å². The van der Waals surface area contributed by atoms with Gasteiger partial charge in [-0.1, -0.05) is 24.3 Å². The van der Waals surface area contributed by atoms with Crippen LogP contribution in [0.2, 0.25) is 0 Å². The number of aromatic carboxylic acids is 1. The minimum Gasteiger partial charge on any atom is -0.477 e. The first-order chi connectivity index (χ1) is 9.70. The van der Waals surface area contributed by atoms with E-state index in [1.54, 1.807) is 19.2 Å². The monoisotopic (exact) mass is 272 g/mol. The van der Waals surface area contributed by atoms with Crippen LogP contribution < -0.4 is 5.32 Å². The van der Waals surface area contributed by atoms with Gasteiger partial charge in [-0.05, 0) is 18.2 Å². The van der Waals surface area contributed by atoms with Gasteiger partial charge in [0.25, 0.3) is 0 Å². The average Bonchev–Trinajstić information content (AvgIpc) is 2.47. The highest BCUT2D eigenvalue weighted by atomic mass is 16.5. The van der Waals surface area contributed by atoms with Gasteiger partial charge in [0.2, 0.25) is 0 Å². The zero-order chi connectivity index (χ0) is 14.4. The van der Waals surface area contributed by atoms with Crippen LogP contribution in [0.15, 0.2) is 42.5 Å². The summed E-state index contributed by atoms with van der Waals surface area (Å²) in [6, 6.07) is 12.8. The number of para-hydroxylation sites is 1. The Balaban J connectivity index is 2.09. The summed E-state index contributed by atoms with van der Waals surface area (Å²) in [5, 5.41) is 12.2. The van der Waals surface area contributed by atoms with E-state index in [1.165, 1.54) is 6.07 Å². The molecule has 0 saturated heterocycles. The molecule has 0 radical (unpaired) electrons. The predicted octanol–water partition coefficient (Wildman–Crippen LogP) is 2.54. The molecule has 0 amide bonds. The van der Waals surface area contributed by atoms with E-state index in [9.17, 15) is 4.79 Å². The topological polar surface area (TPSA) is 71.5 Å². The molecule has 0 atom stereocenters. The van der Waals surface area contributed by atoms with Gasteiger partial charge in [0.1, 0.15) is 5.69 Å². The van der Waals surface area contributed by atoms with Crippen LogP contribution in [0.4, 0.5) is 5.69 Å². The lowest BCUT2D eigenvalue weighted by atomic mass is 10.2. The minimum absolute atomic E-state index is 0.0504. The Morgan fingerprint density at radius 2 is 2.05 bits per heavy atom. The molecule has 5 heteroatoms. The van der Waals surface area contributed by atoms with Crippen LogP contribution in [0.1, 0.15) is 21.7 Å². The standard InChI is InChI=1S/C15H16N2O3/c1-20-10-11-5-2-3-7-13(11)16-9-12-6-4-8-14(17-12)15(18)19/h2-8,16H,9-10H2,1H3,(H,18,19). The third-order valence-corrected chi connectivity index (χ3v) is 2.80. The lowest BCUT2D eigenvalue weighted by Crippen LogP contribution is -2.07. The molecule has 0 aliphatic heterocycles. The van der Waals surface area contributed by atoms with Crippen LogP contribution >= 0.6 is 0 Å². The highest BCUT2D eigenvalue weighted by molar-refractivity contribution is 5.85. The van der Waals surface area contributed by atoms with Crippen LogP contribution in [0.25, 0.3) is 0 Å². The summed E-state index contributed by atoms with van der Waals surface area (Å²) in [7, 11) is 1.65. The van der Waals surface area contributed by atoms with Crippen molar-refractivity contribution in [2.24, 2.45) is 0 Å². The van der Waals surface area contributed by atoms with Gasteiger partial charge in [0, 0.05) is 18.4 Å². The molecule has 0 unspecified atom stereocenters. The number of benzene rings is 1. The Morgan fingerprint density at radius 1 is 1.25 bits per heavy atom. The fraction of sp³-hybridized carbons (Fsp3) is 0.200. The molecule has 20 heavy (non-hydrogen) atoms. The number of carboxylic acid groups (broad SMARTS) is 1. The SMILES string of the molecule is COCc1ccccc1NCc1cccc(C(=O)O)n1. The number of anilines is 1. The van der Waals surface area contributed by atoms with E-state index >= 15 is 0 Å². The third kappa shape index (κ3) is 3.55. The molecule has 5 nitrogen and oxygen atoms in total. The maximum absolute atomic E-state index is 10.9. The number of carboxylic acids is 1. The molecule has 2 N–H and O–H groups in total. The maximum Gasteiger partial charge on any atom is 0.354 e. The third-order valence-electron chi connectivity index (χ3n) is 2.80. The molecule has 0 bridgehead atoms. The molecule has 0 aliphatic rings. The molecular weight excluding hydrogens is 256 g/mol. The van der Waals surface area contributed by atoms with Crippen molar-refractivity contribution in [3.05, 3.63) is 59.4 Å². The zero-order valence-electron chi connectivity index (χ0n) is 11.2. The summed E-state index contributed by atoms with van der Waals surface area (Å²) in [5.74, 6) is -1.02. The van der Waals surface area contributed by atoms with Crippen LogP contribution in [-0.2, 0) is 17.9 Å². The Kier molecular flexibility index (Phi) is 4.68. The second-order valence-corrected chi connectivity index (χ2v) is 4.26. The van der Waals surface area contributed by atoms with Crippen molar-refractivity contribution in [3.63, 3.8) is 0 Å². The number of carbonyl (C=O) groups is 1. The summed E-state index contributed by atoms with van der Waals surface area (Å²) in [6.07, 6.45) is 0. The van der Waals surface area contributed by atoms with E-state index in [-0.39, 0.29) is 5.69 Å². The van der Waals surface area contributed by atoms with E-state index in [0.717, 1.165) is 11.3 Å². The van der Waals surface area contributed by atoms with Crippen LogP contribution in [0, 0.1) is 0 Å². The van der Waals surface area contributed by atoms with Crippen molar-refractivity contribution in [2.75, 3.05) is 12.4 Å². The van der Waals surface area contributed by atoms with Crippen LogP contribution in [0.3, 0.4) is 0 Å². The zero-order valence-corrected chi connectivity index (χ0v) is 11.2. The number of ether oxygens (including phenoxy) is 1. The summed E-state index contributed by atoms with van der Waals surface area (Å²) in [4.78, 5) is 14.9. The molecule has 0 saturated carbocycles. The largest absolute Gasteiger partial charge is 0.477 e. The number of methoxy groups -OCH3 is 1. The van der Waals surface area contributed by atoms with E-state index in [4.69, 9.17) is 9.84 Å². The highest BCUT2D eigenvalue weighted by Gasteiger charge is 2.06. The molecule has 0 aliphatic carbocycles. The number of hydrogen-bond donors (Lipinski definition) is 2. The van der Waals surface area contributed by atoms with Crippen molar-refractivity contribution in [1.29, 1.82) is 0 Å². The fourth-order valence-electron chi connectivity index (χ4n) is 1.86. The second kappa shape index (κ2) is 6.68. The summed E-state index contributed by atoms with van der Waals surface area (Å²) >= 11 is 0. The van der Waals surface area contributed by atoms with Crippen molar-refractivity contribution >= 4 is 11.7 Å². The second-order valence-electron chi connectivity index (χ2n) is 4.26. The molecule has 2 aromatic rings. The van der Waals surface area contributed by atoms with E-state index < -0.39 is 5.97 Å². The Hall–Kier alpha value is -2.40. The molecule has 2 rings (SSSR count). The van der Waals surface area contributed by atoms with Gasteiger partial charge < -0.3 is 15.2 Å². The molecule has 0 fully saturated rings. The maximum atomic E-state index is 10.9. The average molecular weight is 272 g/mol. The number of nitrogens with zero attached hydrogens (tertiary/aromatic N) is 1. The summed E-state index contributed by atoms with van der Waals surface area (Å²) in [5.41, 5.74) is 2.73. The number of pyridine rings is 1. The van der Waals surface area contributed by atoms with Gasteiger partial charge in [-0.3, -0.25) is 0 Å². The number of nitrogens with one attached hydrogen (secondary N) is 1. The van der Waals surface area contributed by atoms with Gasteiger partial charge in [-0.15, -0.1) is 0 Å². The van der Waals surface area contributed by atoms with Crippen LogP contribution in [0.5, 0.6) is 0 Å². The smallest absolute Gasteiger partial charge is 0.354 e. The van der Waals surface area contributed by atoms with E-state index in [0.29, 0.717) is 18.8 Å². The van der Waals surface area contributed by atoms with Crippen molar-refractivity contribution < 1.29 is 14.6 Å². The predicted molar refractivity (Wildman–Crippen MR) is 75.7 cm³/mol. The van der Waals surface area contributed by atoms with Gasteiger partial charge in [0.05, 0.1) is 18.8 Å². The first-order valence-corrected chi connectivity index (χ1v) is 6.20. The normalized spacial score (nSPS) is 10.2.